The van der Waals surface area contributed by atoms with Gasteiger partial charge in [-0.1, -0.05) is 13.3 Å². The first-order valence-corrected chi connectivity index (χ1v) is 4.57. The lowest BCUT2D eigenvalue weighted by atomic mass is 10.4. The molecule has 13 heavy (non-hydrogen) atoms. The quantitative estimate of drug-likeness (QED) is 0.557. The maximum atomic E-state index is 8.07. The molecule has 0 aliphatic rings. The molecule has 0 atom stereocenters. The molecule has 3 N–H and O–H groups in total. The highest BCUT2D eigenvalue weighted by molar-refractivity contribution is 4.23. The van der Waals surface area contributed by atoms with Crippen molar-refractivity contribution in [2.24, 2.45) is 0 Å². The monoisotopic (exact) mass is 196 g/mol. The Balaban J connectivity index is -0.000000131. The lowest BCUT2D eigenvalue weighted by Crippen LogP contribution is -1.96. The van der Waals surface area contributed by atoms with Gasteiger partial charge in [-0.3, -0.25) is 0 Å². The second-order valence-electron chi connectivity index (χ2n) is 2.00. The summed E-state index contributed by atoms with van der Waals surface area (Å²) < 4.78 is 4.73. The smallest absolute Gasteiger partial charge is 0.0697 e. The Kier molecular flexibility index (Phi) is 42.5. The molecule has 4 heteroatoms. The molecule has 0 saturated carbocycles. The lowest BCUT2D eigenvalue weighted by Gasteiger charge is -1.91. The molecule has 0 bridgehead atoms. The van der Waals surface area contributed by atoms with Crippen LogP contribution in [-0.2, 0) is 4.74 Å². The van der Waals surface area contributed by atoms with Gasteiger partial charge >= 0.3 is 0 Å². The Morgan fingerprint density at radius 3 is 1.62 bits per heavy atom. The van der Waals surface area contributed by atoms with Crippen LogP contribution in [0, 0.1) is 0 Å². The van der Waals surface area contributed by atoms with Crippen LogP contribution in [0.5, 0.6) is 0 Å². The van der Waals surface area contributed by atoms with Gasteiger partial charge in [0.25, 0.3) is 0 Å². The van der Waals surface area contributed by atoms with Crippen LogP contribution < -0.4 is 0 Å². The molecule has 0 aromatic heterocycles. The molecule has 4 nitrogen and oxygen atoms in total. The van der Waals surface area contributed by atoms with E-state index in [9.17, 15) is 0 Å². The van der Waals surface area contributed by atoms with E-state index >= 15 is 0 Å². The van der Waals surface area contributed by atoms with Crippen LogP contribution in [-0.4, -0.2) is 48.9 Å². The number of unbranched alkanes of at least 4 members (excludes halogenated alkanes) is 1. The molecule has 0 heterocycles. The first-order chi connectivity index (χ1) is 6.33. The van der Waals surface area contributed by atoms with Crippen molar-refractivity contribution in [2.45, 2.75) is 26.7 Å². The van der Waals surface area contributed by atoms with Crippen molar-refractivity contribution in [1.29, 1.82) is 0 Å². The normalized spacial score (nSPS) is 7.85. The highest BCUT2D eigenvalue weighted by Gasteiger charge is 1.73. The van der Waals surface area contributed by atoms with E-state index in [4.69, 9.17) is 20.1 Å². The fraction of sp³-hybridized carbons (Fsp3) is 1.00. The van der Waals surface area contributed by atoms with E-state index < -0.39 is 0 Å². The Morgan fingerprint density at radius 2 is 1.54 bits per heavy atom. The Hall–Kier alpha value is -0.160. The van der Waals surface area contributed by atoms with E-state index in [1.165, 1.54) is 0 Å². The van der Waals surface area contributed by atoms with Gasteiger partial charge in [0.1, 0.15) is 0 Å². The van der Waals surface area contributed by atoms with E-state index in [-0.39, 0.29) is 6.61 Å². The minimum absolute atomic E-state index is 0.133. The summed E-state index contributed by atoms with van der Waals surface area (Å²) in [5, 5.41) is 23.1. The number of ether oxygens (including phenoxy) is 1. The summed E-state index contributed by atoms with van der Waals surface area (Å²) in [4.78, 5) is 0. The predicted octanol–water partition coefficient (Wildman–Crippen LogP) is 0.403. The average Bonchev–Trinajstić information content (AvgIpc) is 2.20. The zero-order chi connectivity index (χ0) is 10.9. The molecule has 0 saturated heterocycles. The zero-order valence-corrected chi connectivity index (χ0v) is 8.99. The summed E-state index contributed by atoms with van der Waals surface area (Å²) >= 11 is 0. The number of aliphatic hydroxyl groups is 3. The molecule has 84 valence electrons. The third-order valence-corrected chi connectivity index (χ3v) is 0.951. The molecular formula is C9H24O4. The van der Waals surface area contributed by atoms with E-state index in [1.54, 1.807) is 0 Å². The van der Waals surface area contributed by atoms with Crippen LogP contribution in [0.2, 0.25) is 0 Å². The van der Waals surface area contributed by atoms with Crippen molar-refractivity contribution < 1.29 is 20.1 Å². The van der Waals surface area contributed by atoms with E-state index in [2.05, 4.69) is 6.92 Å². The molecule has 0 unspecified atom stereocenters. The van der Waals surface area contributed by atoms with Crippen molar-refractivity contribution in [3.63, 3.8) is 0 Å². The molecule has 0 aromatic rings. The standard InChI is InChI=1S/C4H10O2.C4H10O.CH4O/c1-2-6-4-3-5;1-2-3-4-5;1-2/h5H,2-4H2,1H3;5H,2-4H2,1H3;2H,1H3. The summed E-state index contributed by atoms with van der Waals surface area (Å²) in [6.45, 7) is 5.59. The topological polar surface area (TPSA) is 69.9 Å². The summed E-state index contributed by atoms with van der Waals surface area (Å²) in [5.41, 5.74) is 0. The molecule has 0 rings (SSSR count). The van der Waals surface area contributed by atoms with Crippen LogP contribution in [0.25, 0.3) is 0 Å². The minimum Gasteiger partial charge on any atom is -0.400 e. The van der Waals surface area contributed by atoms with Gasteiger partial charge in [0.2, 0.25) is 0 Å². The van der Waals surface area contributed by atoms with Gasteiger partial charge in [-0.25, -0.2) is 0 Å². The summed E-state index contributed by atoms with van der Waals surface area (Å²) in [7, 11) is 1.00. The molecule has 0 aromatic carbocycles. The molecule has 0 aliphatic carbocycles. The first kappa shape index (κ1) is 18.6. The van der Waals surface area contributed by atoms with Gasteiger partial charge in [0, 0.05) is 20.3 Å². The van der Waals surface area contributed by atoms with Gasteiger partial charge in [0.05, 0.1) is 13.2 Å². The number of hydrogen-bond donors (Lipinski definition) is 3. The van der Waals surface area contributed by atoms with Crippen molar-refractivity contribution in [3.8, 4) is 0 Å². The first-order valence-electron chi connectivity index (χ1n) is 4.57. The number of rotatable bonds is 5. The van der Waals surface area contributed by atoms with Gasteiger partial charge in [-0.05, 0) is 13.3 Å². The lowest BCUT2D eigenvalue weighted by molar-refractivity contribution is 0.102. The molecular weight excluding hydrogens is 172 g/mol. The van der Waals surface area contributed by atoms with Gasteiger partial charge < -0.3 is 20.1 Å². The third-order valence-electron chi connectivity index (χ3n) is 0.951. The Morgan fingerprint density at radius 1 is 1.00 bits per heavy atom. The highest BCUT2D eigenvalue weighted by atomic mass is 16.5. The number of aliphatic hydroxyl groups excluding tert-OH is 3. The van der Waals surface area contributed by atoms with Crippen molar-refractivity contribution in [1.82, 2.24) is 0 Å². The van der Waals surface area contributed by atoms with Gasteiger partial charge in [-0.15, -0.1) is 0 Å². The highest BCUT2D eigenvalue weighted by Crippen LogP contribution is 1.78. The third kappa shape index (κ3) is 48.9. The maximum absolute atomic E-state index is 8.07. The van der Waals surface area contributed by atoms with E-state index in [0.717, 1.165) is 20.0 Å². The summed E-state index contributed by atoms with van der Waals surface area (Å²) in [5.74, 6) is 0. The van der Waals surface area contributed by atoms with Crippen LogP contribution in [0.4, 0.5) is 0 Å². The minimum atomic E-state index is 0.133. The molecule has 0 fully saturated rings. The van der Waals surface area contributed by atoms with E-state index in [1.807, 2.05) is 6.92 Å². The summed E-state index contributed by atoms with van der Waals surface area (Å²) in [6.07, 6.45) is 2.04. The van der Waals surface area contributed by atoms with Crippen LogP contribution in [0.3, 0.4) is 0 Å². The van der Waals surface area contributed by atoms with Gasteiger partial charge in [0.15, 0.2) is 0 Å². The Labute approximate surface area is 81.2 Å². The fourth-order valence-corrected chi connectivity index (χ4v) is 0.367. The maximum Gasteiger partial charge on any atom is 0.0697 e. The average molecular weight is 196 g/mol. The van der Waals surface area contributed by atoms with Gasteiger partial charge in [-0.2, -0.15) is 0 Å². The van der Waals surface area contributed by atoms with Crippen molar-refractivity contribution in [2.75, 3.05) is 33.5 Å². The van der Waals surface area contributed by atoms with Crippen LogP contribution >= 0.6 is 0 Å². The molecule has 0 amide bonds. The second-order valence-corrected chi connectivity index (χ2v) is 2.00. The van der Waals surface area contributed by atoms with Crippen LogP contribution in [0.1, 0.15) is 26.7 Å². The van der Waals surface area contributed by atoms with E-state index in [0.29, 0.717) is 19.8 Å². The predicted molar refractivity (Wildman–Crippen MR) is 53.7 cm³/mol. The van der Waals surface area contributed by atoms with Crippen LogP contribution in [0.15, 0.2) is 0 Å². The molecule has 0 radical (unpaired) electrons. The fourth-order valence-electron chi connectivity index (χ4n) is 0.367. The molecule has 0 spiro atoms. The zero-order valence-electron chi connectivity index (χ0n) is 8.99. The van der Waals surface area contributed by atoms with Crippen molar-refractivity contribution in [3.05, 3.63) is 0 Å². The van der Waals surface area contributed by atoms with Crippen molar-refractivity contribution >= 4 is 0 Å². The molecule has 0 aliphatic heterocycles. The SMILES string of the molecule is CCCCO.CCOCCO.CO. The number of hydrogen-bond acceptors (Lipinski definition) is 4. The summed E-state index contributed by atoms with van der Waals surface area (Å²) in [6, 6.07) is 0. The Bertz CT molecular complexity index is 44.9. The largest absolute Gasteiger partial charge is 0.400 e. The second kappa shape index (κ2) is 29.7.